The number of rotatable bonds is 5. The topological polar surface area (TPSA) is 40.5 Å². The summed E-state index contributed by atoms with van der Waals surface area (Å²) in [5, 5.41) is 17.7. The van der Waals surface area contributed by atoms with Crippen molar-refractivity contribution in [1.82, 2.24) is 0 Å². The Morgan fingerprint density at radius 2 is 1.60 bits per heavy atom. The van der Waals surface area contributed by atoms with E-state index in [9.17, 15) is 0 Å². The van der Waals surface area contributed by atoms with Crippen LogP contribution in [0.5, 0.6) is 0 Å². The van der Waals surface area contributed by atoms with Crippen molar-refractivity contribution in [3.8, 4) is 0 Å². The molecule has 0 amide bonds. The van der Waals surface area contributed by atoms with Crippen LogP contribution in [0, 0.1) is 5.41 Å². The maximum atomic E-state index is 9.00. The van der Waals surface area contributed by atoms with Gasteiger partial charge < -0.3 is 10.2 Å². The highest BCUT2D eigenvalue weighted by molar-refractivity contribution is 4.74. The molecule has 0 aromatic rings. The summed E-state index contributed by atoms with van der Waals surface area (Å²) < 4.78 is 0. The molecule has 0 heterocycles. The van der Waals surface area contributed by atoms with Gasteiger partial charge in [0, 0.05) is 13.2 Å². The van der Waals surface area contributed by atoms with Crippen LogP contribution in [-0.2, 0) is 0 Å². The summed E-state index contributed by atoms with van der Waals surface area (Å²) in [5.41, 5.74) is -0.0191. The van der Waals surface area contributed by atoms with Gasteiger partial charge in [-0.3, -0.25) is 0 Å². The molecule has 0 bridgehead atoms. The largest absolute Gasteiger partial charge is 0.396 e. The van der Waals surface area contributed by atoms with Gasteiger partial charge in [0.05, 0.1) is 0 Å². The van der Waals surface area contributed by atoms with Crippen LogP contribution in [0.3, 0.4) is 0 Å². The molecule has 0 aliphatic carbocycles. The molecule has 10 heavy (non-hydrogen) atoms. The second-order valence-electron chi connectivity index (χ2n) is 2.84. The Labute approximate surface area is 62.9 Å². The van der Waals surface area contributed by atoms with Crippen LogP contribution in [0.25, 0.3) is 0 Å². The van der Waals surface area contributed by atoms with Gasteiger partial charge in [-0.2, -0.15) is 0 Å². The van der Waals surface area contributed by atoms with Crippen LogP contribution in [0.1, 0.15) is 33.1 Å². The van der Waals surface area contributed by atoms with E-state index in [0.29, 0.717) is 0 Å². The van der Waals surface area contributed by atoms with Crippen molar-refractivity contribution >= 4 is 0 Å². The summed E-state index contributed by atoms with van der Waals surface area (Å²) in [7, 11) is 0. The first-order chi connectivity index (χ1) is 4.74. The van der Waals surface area contributed by atoms with Gasteiger partial charge in [-0.15, -0.1) is 0 Å². The lowest BCUT2D eigenvalue weighted by atomic mass is 9.80. The molecule has 0 spiro atoms. The Hall–Kier alpha value is -0.0800. The van der Waals surface area contributed by atoms with Crippen molar-refractivity contribution in [3.05, 3.63) is 0 Å². The van der Waals surface area contributed by atoms with Crippen molar-refractivity contribution in [2.45, 2.75) is 33.1 Å². The van der Waals surface area contributed by atoms with Crippen LogP contribution < -0.4 is 0 Å². The maximum absolute atomic E-state index is 9.00. The molecule has 2 N–H and O–H groups in total. The van der Waals surface area contributed by atoms with E-state index >= 15 is 0 Å². The minimum absolute atomic E-state index is 0.0191. The van der Waals surface area contributed by atoms with Gasteiger partial charge in [0.1, 0.15) is 0 Å². The van der Waals surface area contributed by atoms with Gasteiger partial charge in [-0.25, -0.2) is 0 Å². The fourth-order valence-electron chi connectivity index (χ4n) is 1.14. The SMILES string of the molecule is CCC(CC)(CO)CCO. The number of aliphatic hydroxyl groups is 2. The molecule has 0 saturated heterocycles. The van der Waals surface area contributed by atoms with Crippen molar-refractivity contribution in [1.29, 1.82) is 0 Å². The maximum Gasteiger partial charge on any atom is 0.0488 e. The van der Waals surface area contributed by atoms with Gasteiger partial charge in [0.25, 0.3) is 0 Å². The van der Waals surface area contributed by atoms with Crippen molar-refractivity contribution in [2.24, 2.45) is 5.41 Å². The lowest BCUT2D eigenvalue weighted by Gasteiger charge is -2.28. The molecule has 0 atom stereocenters. The number of hydrogen-bond donors (Lipinski definition) is 2. The summed E-state index contributed by atoms with van der Waals surface area (Å²) in [6.45, 7) is 4.48. The summed E-state index contributed by atoms with van der Waals surface area (Å²) >= 11 is 0. The predicted molar refractivity (Wildman–Crippen MR) is 41.8 cm³/mol. The zero-order valence-corrected chi connectivity index (χ0v) is 6.93. The molecule has 0 aromatic heterocycles. The lowest BCUT2D eigenvalue weighted by Crippen LogP contribution is -2.24. The predicted octanol–water partition coefficient (Wildman–Crippen LogP) is 1.17. The molecule has 0 saturated carbocycles. The molecule has 0 radical (unpaired) electrons. The Balaban J connectivity index is 3.87. The first-order valence-corrected chi connectivity index (χ1v) is 3.96. The Kier molecular flexibility index (Phi) is 4.65. The fraction of sp³-hybridized carbons (Fsp3) is 1.00. The van der Waals surface area contributed by atoms with Crippen LogP contribution in [0.2, 0.25) is 0 Å². The summed E-state index contributed by atoms with van der Waals surface area (Å²) in [6, 6.07) is 0. The zero-order chi connectivity index (χ0) is 8.04. The average Bonchev–Trinajstić information content (AvgIpc) is 2.01. The van der Waals surface area contributed by atoms with Crippen LogP contribution in [0.4, 0.5) is 0 Å². The van der Waals surface area contributed by atoms with Crippen molar-refractivity contribution < 1.29 is 10.2 Å². The smallest absolute Gasteiger partial charge is 0.0488 e. The highest BCUT2D eigenvalue weighted by atomic mass is 16.3. The van der Waals surface area contributed by atoms with E-state index < -0.39 is 0 Å². The summed E-state index contributed by atoms with van der Waals surface area (Å²) in [6.07, 6.45) is 2.61. The molecule has 0 rings (SSSR count). The van der Waals surface area contributed by atoms with E-state index in [-0.39, 0.29) is 18.6 Å². The molecule has 0 aliphatic heterocycles. The van der Waals surface area contributed by atoms with E-state index in [1.54, 1.807) is 0 Å². The fourth-order valence-corrected chi connectivity index (χ4v) is 1.14. The quantitative estimate of drug-likeness (QED) is 0.611. The first kappa shape index (κ1) is 9.92. The third-order valence-electron chi connectivity index (χ3n) is 2.48. The molecular weight excluding hydrogens is 128 g/mol. The van der Waals surface area contributed by atoms with Crippen LogP contribution in [-0.4, -0.2) is 23.4 Å². The van der Waals surface area contributed by atoms with Crippen LogP contribution >= 0.6 is 0 Å². The molecule has 2 heteroatoms. The van der Waals surface area contributed by atoms with E-state index in [1.807, 2.05) is 0 Å². The highest BCUT2D eigenvalue weighted by Gasteiger charge is 2.23. The van der Waals surface area contributed by atoms with Gasteiger partial charge in [-0.05, 0) is 24.7 Å². The number of aliphatic hydroxyl groups excluding tert-OH is 2. The number of hydrogen-bond acceptors (Lipinski definition) is 2. The molecule has 0 unspecified atom stereocenters. The second kappa shape index (κ2) is 4.69. The molecule has 0 aliphatic rings. The Bertz CT molecular complexity index is 69.1. The lowest BCUT2D eigenvalue weighted by molar-refractivity contribution is 0.0825. The standard InChI is InChI=1S/C8H18O2/c1-3-8(4-2,7-10)5-6-9/h9-10H,3-7H2,1-2H3. The van der Waals surface area contributed by atoms with Gasteiger partial charge in [0.15, 0.2) is 0 Å². The molecular formula is C8H18O2. The molecule has 0 aromatic carbocycles. The van der Waals surface area contributed by atoms with Gasteiger partial charge >= 0.3 is 0 Å². The molecule has 2 nitrogen and oxygen atoms in total. The van der Waals surface area contributed by atoms with E-state index in [0.717, 1.165) is 19.3 Å². The molecule has 0 fully saturated rings. The minimum atomic E-state index is -0.0191. The first-order valence-electron chi connectivity index (χ1n) is 3.96. The molecule has 62 valence electrons. The van der Waals surface area contributed by atoms with Gasteiger partial charge in [-0.1, -0.05) is 13.8 Å². The highest BCUT2D eigenvalue weighted by Crippen LogP contribution is 2.28. The Morgan fingerprint density at radius 3 is 1.70 bits per heavy atom. The van der Waals surface area contributed by atoms with Crippen molar-refractivity contribution in [2.75, 3.05) is 13.2 Å². The van der Waals surface area contributed by atoms with E-state index in [1.165, 1.54) is 0 Å². The van der Waals surface area contributed by atoms with E-state index in [4.69, 9.17) is 10.2 Å². The summed E-state index contributed by atoms with van der Waals surface area (Å²) in [5.74, 6) is 0. The van der Waals surface area contributed by atoms with Crippen LogP contribution in [0.15, 0.2) is 0 Å². The summed E-state index contributed by atoms with van der Waals surface area (Å²) in [4.78, 5) is 0. The zero-order valence-electron chi connectivity index (χ0n) is 6.93. The normalized spacial score (nSPS) is 12.0. The third kappa shape index (κ3) is 2.27. The Morgan fingerprint density at radius 1 is 1.10 bits per heavy atom. The average molecular weight is 146 g/mol. The monoisotopic (exact) mass is 146 g/mol. The third-order valence-corrected chi connectivity index (χ3v) is 2.48. The van der Waals surface area contributed by atoms with Crippen molar-refractivity contribution in [3.63, 3.8) is 0 Å². The van der Waals surface area contributed by atoms with E-state index in [2.05, 4.69) is 13.8 Å². The van der Waals surface area contributed by atoms with Gasteiger partial charge in [0.2, 0.25) is 0 Å². The minimum Gasteiger partial charge on any atom is -0.396 e. The second-order valence-corrected chi connectivity index (χ2v) is 2.84.